The summed E-state index contributed by atoms with van der Waals surface area (Å²) in [7, 11) is -12.9. The van der Waals surface area contributed by atoms with E-state index in [-0.39, 0.29) is 45.7 Å². The summed E-state index contributed by atoms with van der Waals surface area (Å²) in [4.78, 5) is 58.4. The smallest absolute Gasteiger partial charge is 0.408 e. The number of nitrogens with one attached hydrogen (secondary N) is 1. The second-order valence-corrected chi connectivity index (χ2v) is 22.3. The van der Waals surface area contributed by atoms with Gasteiger partial charge in [-0.2, -0.15) is 4.98 Å². The first-order valence-corrected chi connectivity index (χ1v) is 22.3. The first-order valence-electron chi connectivity index (χ1n) is 16.4. The summed E-state index contributed by atoms with van der Waals surface area (Å²) in [6.07, 6.45) is -4.99. The zero-order valence-electron chi connectivity index (χ0n) is 29.0. The van der Waals surface area contributed by atoms with Crippen molar-refractivity contribution in [3.8, 4) is 0 Å². The standard InChI is InChI=1S/C27H38N10O13P2Si/c1-26(2,3)53(4,5)50-15-12-6-44-51(39,40)49-18-17-24(36-10-32-13-19(28)30-9-31-20(13)36)47-27(18,7-43-17)8-45-52(41,42)48-16(15)23(46-12)37-11-33-14-21(37)34-25(29)35-22(14)38/h9-12,15-18,23-24H,6-8H2,1-5H3,(H,39,40)(H,41,42)(H2,28,30,31)(H3,29,34,35,38). The molecule has 4 aliphatic heterocycles. The van der Waals surface area contributed by atoms with Crippen LogP contribution >= 0.6 is 15.6 Å². The SMILES string of the molecule is CC(C)(C)[Si](C)(C)OC1C2COP(=O)(O)OC3C4OCC3(COP(=O)(O)OC1C(n1cnc3c(=O)[nH]c(N)nc31)O2)OC4n1cnc2c(N)ncnc21. The van der Waals surface area contributed by atoms with Crippen molar-refractivity contribution >= 4 is 58.1 Å². The largest absolute Gasteiger partial charge is 0.472 e. The van der Waals surface area contributed by atoms with E-state index in [9.17, 15) is 23.7 Å². The number of nitrogens with two attached hydrogens (primary N) is 2. The van der Waals surface area contributed by atoms with Crippen LogP contribution < -0.4 is 17.0 Å². The molecule has 0 aromatic carbocycles. The lowest BCUT2D eigenvalue weighted by Gasteiger charge is -2.40. The number of nitrogens with zero attached hydrogens (tertiary/aromatic N) is 7. The van der Waals surface area contributed by atoms with E-state index < -0.39 is 91.3 Å². The van der Waals surface area contributed by atoms with E-state index in [0.29, 0.717) is 0 Å². The number of fused-ring (bicyclic) bond motifs is 4. The third kappa shape index (κ3) is 6.24. The number of anilines is 2. The highest BCUT2D eigenvalue weighted by Crippen LogP contribution is 2.58. The fourth-order valence-corrected chi connectivity index (χ4v) is 9.90. The molecule has 23 nitrogen and oxygen atoms in total. The zero-order chi connectivity index (χ0) is 37.9. The summed E-state index contributed by atoms with van der Waals surface area (Å²) in [6.45, 7) is 8.17. The number of rotatable bonds is 4. The van der Waals surface area contributed by atoms with Gasteiger partial charge in [0.15, 0.2) is 43.4 Å². The number of H-pyrrole nitrogens is 1. The van der Waals surface area contributed by atoms with E-state index >= 15 is 0 Å². The Labute approximate surface area is 300 Å². The van der Waals surface area contributed by atoms with Crippen LogP contribution in [0.3, 0.4) is 0 Å². The first-order chi connectivity index (χ1) is 24.8. The Kier molecular flexibility index (Phi) is 8.59. The van der Waals surface area contributed by atoms with Gasteiger partial charge >= 0.3 is 15.6 Å². The predicted octanol–water partition coefficient (Wildman–Crippen LogP) is 1.10. The summed E-state index contributed by atoms with van der Waals surface area (Å²) in [5.74, 6) is -0.129. The third-order valence-corrected chi connectivity index (χ3v) is 16.7. The molecule has 4 saturated heterocycles. The quantitative estimate of drug-likeness (QED) is 0.142. The van der Waals surface area contributed by atoms with Gasteiger partial charge in [-0.3, -0.25) is 37.0 Å². The number of aromatic amines is 1. The normalized spacial score (nSPS) is 36.7. The molecule has 8 rings (SSSR count). The number of phosphoric acid groups is 2. The molecule has 4 aromatic heterocycles. The Bertz CT molecular complexity index is 2250. The molecule has 288 valence electrons. The van der Waals surface area contributed by atoms with Crippen molar-refractivity contribution < 1.29 is 55.6 Å². The molecule has 0 radical (unpaired) electrons. The molecular weight excluding hydrogens is 762 g/mol. The molecular formula is C27H38N10O13P2Si. The summed E-state index contributed by atoms with van der Waals surface area (Å²) >= 11 is 0. The lowest BCUT2D eigenvalue weighted by atomic mass is 10.0. The maximum Gasteiger partial charge on any atom is 0.472 e. The Morgan fingerprint density at radius 1 is 0.962 bits per heavy atom. The molecule has 4 bridgehead atoms. The maximum absolute atomic E-state index is 14.0. The minimum absolute atomic E-state index is 0.0382. The minimum atomic E-state index is -5.12. The van der Waals surface area contributed by atoms with Gasteiger partial charge in [-0.05, 0) is 18.1 Å². The number of ether oxygens (including phenoxy) is 3. The van der Waals surface area contributed by atoms with Crippen molar-refractivity contribution in [3.05, 3.63) is 29.3 Å². The average molecular weight is 801 g/mol. The topological polar surface area (TPSA) is 308 Å². The predicted molar refractivity (Wildman–Crippen MR) is 182 cm³/mol. The van der Waals surface area contributed by atoms with Crippen molar-refractivity contribution in [2.24, 2.45) is 0 Å². The van der Waals surface area contributed by atoms with E-state index in [4.69, 9.17) is 48.2 Å². The lowest BCUT2D eigenvalue weighted by molar-refractivity contribution is -0.184. The fraction of sp³-hybridized carbons (Fsp3) is 0.630. The molecule has 10 unspecified atom stereocenters. The number of phosphoric ester groups is 2. The van der Waals surface area contributed by atoms with Crippen LogP contribution in [0.25, 0.3) is 22.3 Å². The van der Waals surface area contributed by atoms with Crippen LogP contribution in [0.15, 0.2) is 23.8 Å². The van der Waals surface area contributed by atoms with Crippen molar-refractivity contribution in [2.75, 3.05) is 31.3 Å². The van der Waals surface area contributed by atoms with Crippen LogP contribution in [0.2, 0.25) is 18.1 Å². The van der Waals surface area contributed by atoms with E-state index in [1.54, 1.807) is 0 Å². The summed E-state index contributed by atoms with van der Waals surface area (Å²) in [6, 6.07) is 0. The zero-order valence-corrected chi connectivity index (χ0v) is 31.7. The molecule has 10 atom stereocenters. The number of hydrogen-bond donors (Lipinski definition) is 5. The van der Waals surface area contributed by atoms with Gasteiger partial charge in [0.1, 0.15) is 48.0 Å². The van der Waals surface area contributed by atoms with Gasteiger partial charge in [-0.25, -0.2) is 29.1 Å². The Morgan fingerprint density at radius 3 is 2.40 bits per heavy atom. The van der Waals surface area contributed by atoms with Crippen molar-refractivity contribution in [1.29, 1.82) is 0 Å². The first kappa shape index (κ1) is 36.7. The van der Waals surface area contributed by atoms with Gasteiger partial charge in [0.2, 0.25) is 5.95 Å². The maximum atomic E-state index is 14.0. The molecule has 0 spiro atoms. The fourth-order valence-electron chi connectivity index (χ4n) is 6.62. The Balaban J connectivity index is 1.19. The van der Waals surface area contributed by atoms with E-state index in [2.05, 4.69) is 29.9 Å². The van der Waals surface area contributed by atoms with Crippen molar-refractivity contribution in [2.45, 2.75) is 87.5 Å². The highest BCUT2D eigenvalue weighted by Gasteiger charge is 2.66. The van der Waals surface area contributed by atoms with Gasteiger partial charge in [0.05, 0.1) is 32.5 Å². The molecule has 4 aromatic rings. The highest BCUT2D eigenvalue weighted by atomic mass is 31.2. The molecule has 53 heavy (non-hydrogen) atoms. The summed E-state index contributed by atoms with van der Waals surface area (Å²) in [5.41, 5.74) is 9.81. The number of aromatic nitrogens is 8. The summed E-state index contributed by atoms with van der Waals surface area (Å²) < 4.78 is 78.8. The van der Waals surface area contributed by atoms with E-state index in [1.807, 2.05) is 33.9 Å². The second kappa shape index (κ2) is 12.4. The van der Waals surface area contributed by atoms with Crippen molar-refractivity contribution in [3.63, 3.8) is 0 Å². The Morgan fingerprint density at radius 2 is 1.66 bits per heavy atom. The monoisotopic (exact) mass is 800 g/mol. The second-order valence-electron chi connectivity index (χ2n) is 14.7. The molecule has 0 saturated carbocycles. The number of imidazole rings is 2. The van der Waals surface area contributed by atoms with Crippen LogP contribution in [0.1, 0.15) is 33.2 Å². The van der Waals surface area contributed by atoms with Crippen LogP contribution in [0.4, 0.5) is 11.8 Å². The van der Waals surface area contributed by atoms with Crippen LogP contribution in [-0.4, -0.2) is 113 Å². The molecule has 4 fully saturated rings. The van der Waals surface area contributed by atoms with Crippen LogP contribution in [0, 0.1) is 0 Å². The third-order valence-electron chi connectivity index (χ3n) is 10.3. The van der Waals surface area contributed by atoms with Gasteiger partial charge in [-0.15, -0.1) is 0 Å². The molecule has 26 heteroatoms. The summed E-state index contributed by atoms with van der Waals surface area (Å²) in [5, 5.41) is -0.383. The van der Waals surface area contributed by atoms with Gasteiger partial charge < -0.3 is 39.9 Å². The van der Waals surface area contributed by atoms with E-state index in [1.165, 1.54) is 28.1 Å². The molecule has 0 aliphatic carbocycles. The van der Waals surface area contributed by atoms with E-state index in [0.717, 1.165) is 0 Å². The molecule has 4 aliphatic rings. The van der Waals surface area contributed by atoms with Crippen LogP contribution in [-0.2, 0) is 45.9 Å². The molecule has 8 heterocycles. The number of nitrogen functional groups attached to an aromatic ring is 2. The highest BCUT2D eigenvalue weighted by molar-refractivity contribution is 7.47. The van der Waals surface area contributed by atoms with Gasteiger partial charge in [-0.1, -0.05) is 20.8 Å². The van der Waals surface area contributed by atoms with Gasteiger partial charge in [0.25, 0.3) is 5.56 Å². The molecule has 7 N–H and O–H groups in total. The van der Waals surface area contributed by atoms with Crippen molar-refractivity contribution in [1.82, 2.24) is 39.0 Å². The minimum Gasteiger partial charge on any atom is -0.408 e. The number of hydrogen-bond acceptors (Lipinski definition) is 18. The Hall–Kier alpha value is -3.22. The lowest BCUT2D eigenvalue weighted by Crippen LogP contribution is -2.50. The van der Waals surface area contributed by atoms with Gasteiger partial charge in [0, 0.05) is 0 Å². The average Bonchev–Trinajstić information content (AvgIpc) is 3.87. The van der Waals surface area contributed by atoms with Crippen LogP contribution in [0.5, 0.6) is 0 Å². The molecule has 0 amide bonds.